The Labute approximate surface area is 144 Å². The summed E-state index contributed by atoms with van der Waals surface area (Å²) in [5.41, 5.74) is 8.39. The number of anilines is 2. The van der Waals surface area contributed by atoms with Crippen LogP contribution in [0.3, 0.4) is 0 Å². The lowest BCUT2D eigenvalue weighted by Gasteiger charge is -2.17. The van der Waals surface area contributed by atoms with Crippen LogP contribution in [0.4, 0.5) is 24.9 Å². The van der Waals surface area contributed by atoms with Crippen LogP contribution in [0.2, 0.25) is 0 Å². The normalized spacial score (nSPS) is 13.4. The first kappa shape index (κ1) is 16.1. The van der Waals surface area contributed by atoms with Crippen LogP contribution in [0.1, 0.15) is 6.92 Å². The molecule has 0 bridgehead atoms. The maximum atomic E-state index is 12.7. The molecule has 0 aliphatic carbocycles. The largest absolute Gasteiger partial charge is 0.408 e. The van der Waals surface area contributed by atoms with E-state index in [1.807, 2.05) is 0 Å². The maximum Gasteiger partial charge on any atom is 0.408 e. The van der Waals surface area contributed by atoms with E-state index >= 15 is 0 Å². The highest BCUT2D eigenvalue weighted by molar-refractivity contribution is 5.86. The summed E-state index contributed by atoms with van der Waals surface area (Å²) in [6, 6.07) is 3.43. The third-order valence-corrected chi connectivity index (χ3v) is 3.91. The van der Waals surface area contributed by atoms with Gasteiger partial charge in [-0.15, -0.1) is 5.10 Å². The molecular formula is C15H13F3N8. The minimum absolute atomic E-state index is 0.0482. The van der Waals surface area contributed by atoms with Crippen molar-refractivity contribution < 1.29 is 13.2 Å². The minimum atomic E-state index is -4.42. The third-order valence-electron chi connectivity index (χ3n) is 3.91. The maximum absolute atomic E-state index is 12.7. The van der Waals surface area contributed by atoms with Crippen molar-refractivity contribution in [3.8, 4) is 11.3 Å². The Hall–Kier alpha value is -3.37. The zero-order valence-electron chi connectivity index (χ0n) is 13.4. The molecule has 0 radical (unpaired) electrons. The highest BCUT2D eigenvalue weighted by Crippen LogP contribution is 2.28. The van der Waals surface area contributed by atoms with Crippen molar-refractivity contribution in [1.29, 1.82) is 0 Å². The monoisotopic (exact) mass is 362 g/mol. The Morgan fingerprint density at radius 2 is 1.88 bits per heavy atom. The summed E-state index contributed by atoms with van der Waals surface area (Å²) in [6.45, 7) is 0.982. The number of fused-ring (bicyclic) bond motifs is 2. The molecule has 1 atom stereocenters. The van der Waals surface area contributed by atoms with E-state index in [1.165, 1.54) is 4.52 Å². The van der Waals surface area contributed by atoms with Crippen LogP contribution in [-0.4, -0.2) is 41.4 Å². The van der Waals surface area contributed by atoms with Crippen LogP contribution in [0.5, 0.6) is 0 Å². The predicted octanol–water partition coefficient (Wildman–Crippen LogP) is 2.38. The van der Waals surface area contributed by atoms with Crippen LogP contribution >= 0.6 is 0 Å². The van der Waals surface area contributed by atoms with E-state index in [2.05, 4.69) is 25.5 Å². The van der Waals surface area contributed by atoms with Crippen molar-refractivity contribution in [2.75, 3.05) is 11.1 Å². The number of hydrogen-bond acceptors (Lipinski definition) is 6. The second kappa shape index (κ2) is 5.58. The fourth-order valence-electron chi connectivity index (χ4n) is 2.56. The summed E-state index contributed by atoms with van der Waals surface area (Å²) in [7, 11) is 0. The molecule has 0 aliphatic rings. The number of aromatic nitrogens is 6. The van der Waals surface area contributed by atoms with E-state index in [0.717, 1.165) is 6.92 Å². The van der Waals surface area contributed by atoms with E-state index < -0.39 is 12.2 Å². The molecule has 0 unspecified atom stereocenters. The van der Waals surface area contributed by atoms with Gasteiger partial charge in [-0.2, -0.15) is 23.3 Å². The van der Waals surface area contributed by atoms with E-state index in [-0.39, 0.29) is 11.8 Å². The molecular weight excluding hydrogens is 349 g/mol. The van der Waals surface area contributed by atoms with Crippen molar-refractivity contribution in [2.45, 2.75) is 19.1 Å². The zero-order valence-corrected chi connectivity index (χ0v) is 13.4. The van der Waals surface area contributed by atoms with Gasteiger partial charge in [0.25, 0.3) is 0 Å². The second-order valence-electron chi connectivity index (χ2n) is 5.70. The first-order chi connectivity index (χ1) is 12.3. The lowest BCUT2D eigenvalue weighted by atomic mass is 10.2. The number of rotatable bonds is 3. The molecule has 0 fully saturated rings. The van der Waals surface area contributed by atoms with Gasteiger partial charge in [0.2, 0.25) is 5.95 Å². The first-order valence-electron chi connectivity index (χ1n) is 7.62. The SMILES string of the molecule is C[C@@H](Nc1nc(N)c2c(-c3ccn4nccc4n3)ccn2n1)C(F)(F)F. The van der Waals surface area contributed by atoms with Crippen molar-refractivity contribution >= 4 is 22.9 Å². The number of halogens is 3. The van der Waals surface area contributed by atoms with Gasteiger partial charge in [-0.05, 0) is 19.1 Å². The number of alkyl halides is 3. The molecule has 134 valence electrons. The van der Waals surface area contributed by atoms with Gasteiger partial charge in [-0.1, -0.05) is 0 Å². The van der Waals surface area contributed by atoms with Gasteiger partial charge in [0, 0.05) is 24.0 Å². The predicted molar refractivity (Wildman–Crippen MR) is 88.5 cm³/mol. The van der Waals surface area contributed by atoms with E-state index in [4.69, 9.17) is 5.73 Å². The van der Waals surface area contributed by atoms with Crippen molar-refractivity contribution in [3.63, 3.8) is 0 Å². The average molecular weight is 362 g/mol. The summed E-state index contributed by atoms with van der Waals surface area (Å²) in [5, 5.41) is 10.3. The van der Waals surface area contributed by atoms with Crippen LogP contribution in [0.15, 0.2) is 36.8 Å². The summed E-state index contributed by atoms with van der Waals surface area (Å²) in [4.78, 5) is 8.44. The summed E-state index contributed by atoms with van der Waals surface area (Å²) >= 11 is 0. The smallest absolute Gasteiger partial charge is 0.382 e. The molecule has 4 heterocycles. The highest BCUT2D eigenvalue weighted by Gasteiger charge is 2.36. The number of nitrogens with zero attached hydrogens (tertiary/aromatic N) is 6. The Morgan fingerprint density at radius 1 is 1.12 bits per heavy atom. The van der Waals surface area contributed by atoms with E-state index in [0.29, 0.717) is 22.4 Å². The molecule has 0 aromatic carbocycles. The van der Waals surface area contributed by atoms with Crippen LogP contribution < -0.4 is 11.1 Å². The zero-order chi connectivity index (χ0) is 18.5. The van der Waals surface area contributed by atoms with Gasteiger partial charge in [-0.3, -0.25) is 0 Å². The molecule has 0 aliphatic heterocycles. The molecule has 0 amide bonds. The molecule has 3 N–H and O–H groups in total. The summed E-state index contributed by atoms with van der Waals surface area (Å²) in [5.74, 6) is -0.159. The topological polar surface area (TPSA) is 98.4 Å². The van der Waals surface area contributed by atoms with Gasteiger partial charge in [-0.25, -0.2) is 14.0 Å². The average Bonchev–Trinajstić information content (AvgIpc) is 3.19. The Morgan fingerprint density at radius 3 is 2.65 bits per heavy atom. The fraction of sp³-hybridized carbons (Fsp3) is 0.200. The molecule has 8 nitrogen and oxygen atoms in total. The Bertz CT molecular complexity index is 1100. The quantitative estimate of drug-likeness (QED) is 0.581. The highest BCUT2D eigenvalue weighted by atomic mass is 19.4. The van der Waals surface area contributed by atoms with Gasteiger partial charge in [0.15, 0.2) is 11.5 Å². The van der Waals surface area contributed by atoms with Crippen molar-refractivity contribution in [2.24, 2.45) is 0 Å². The molecule has 26 heavy (non-hydrogen) atoms. The molecule has 11 heteroatoms. The molecule has 0 saturated heterocycles. The summed E-state index contributed by atoms with van der Waals surface area (Å²) < 4.78 is 41.1. The van der Waals surface area contributed by atoms with Gasteiger partial charge >= 0.3 is 6.18 Å². The molecule has 4 rings (SSSR count). The van der Waals surface area contributed by atoms with E-state index in [9.17, 15) is 13.2 Å². The number of hydrogen-bond donors (Lipinski definition) is 2. The van der Waals surface area contributed by atoms with Gasteiger partial charge in [0.05, 0.1) is 11.9 Å². The molecule has 4 aromatic heterocycles. The third kappa shape index (κ3) is 2.66. The number of nitrogens with two attached hydrogens (primary N) is 1. The van der Waals surface area contributed by atoms with E-state index in [1.54, 1.807) is 41.3 Å². The second-order valence-corrected chi connectivity index (χ2v) is 5.70. The Balaban J connectivity index is 1.76. The lowest BCUT2D eigenvalue weighted by Crippen LogP contribution is -2.34. The van der Waals surface area contributed by atoms with Crippen molar-refractivity contribution in [1.82, 2.24) is 29.2 Å². The summed E-state index contributed by atoms with van der Waals surface area (Å²) in [6.07, 6.45) is 0.550. The van der Waals surface area contributed by atoms with Crippen molar-refractivity contribution in [3.05, 3.63) is 36.8 Å². The first-order valence-corrected chi connectivity index (χ1v) is 7.62. The van der Waals surface area contributed by atoms with Crippen LogP contribution in [0.25, 0.3) is 22.4 Å². The van der Waals surface area contributed by atoms with Gasteiger partial charge in [0.1, 0.15) is 11.6 Å². The standard InChI is InChI=1S/C15H13F3N8/c1-8(15(16,17)18)21-14-23-13(19)12-9(3-6-26(12)24-14)10-4-7-25-11(22-10)2-5-20-25/h2-8H,1H3,(H3,19,21,23,24)/t8-/m1/s1. The molecule has 0 spiro atoms. The fourth-order valence-corrected chi connectivity index (χ4v) is 2.56. The van der Waals surface area contributed by atoms with Gasteiger partial charge < -0.3 is 11.1 Å². The number of nitrogen functional groups attached to an aromatic ring is 1. The number of nitrogens with one attached hydrogen (secondary N) is 1. The Kier molecular flexibility index (Phi) is 3.46. The molecule has 0 saturated carbocycles. The lowest BCUT2D eigenvalue weighted by molar-refractivity contribution is -0.138. The minimum Gasteiger partial charge on any atom is -0.382 e. The van der Waals surface area contributed by atoms with Crippen LogP contribution in [0, 0.1) is 0 Å². The van der Waals surface area contributed by atoms with Crippen LogP contribution in [-0.2, 0) is 0 Å². The molecule has 4 aromatic rings.